The first-order chi connectivity index (χ1) is 3.18. The third-order valence-electron chi connectivity index (χ3n) is 0.692. The third-order valence-corrected chi connectivity index (χ3v) is 0.692. The molecule has 0 fully saturated rings. The fourth-order valence-corrected chi connectivity index (χ4v) is 0.142. The quantitative estimate of drug-likeness (QED) is 0.632. The van der Waals surface area contributed by atoms with E-state index in [0.717, 1.165) is 0 Å². The van der Waals surface area contributed by atoms with Crippen LogP contribution in [-0.4, -0.2) is 19.0 Å². The van der Waals surface area contributed by atoms with Crippen LogP contribution in [0.1, 0.15) is 0 Å². The Morgan fingerprint density at radius 1 is 1.88 bits per heavy atom. The Bertz CT molecular complexity index is 76.4. The summed E-state index contributed by atoms with van der Waals surface area (Å²) in [5.74, 6) is -0.428. The smallest absolute Gasteiger partial charge is 0.203 e. The Morgan fingerprint density at radius 2 is 2.25 bits per heavy atom. The standard InChI is InChI=1S/C4H9N2O.W/c1-3(6-2)4(5)7;/h3,6H,1H2,2H3,(H2,5,7);/q-1;. The van der Waals surface area contributed by atoms with Gasteiger partial charge in [-0.15, -0.1) is 0 Å². The summed E-state index contributed by atoms with van der Waals surface area (Å²) in [5.41, 5.74) is 4.78. The molecule has 3 nitrogen and oxygen atoms in total. The molecule has 8 heavy (non-hydrogen) atoms. The van der Waals surface area contributed by atoms with Gasteiger partial charge in [-0.25, -0.2) is 0 Å². The van der Waals surface area contributed by atoms with E-state index >= 15 is 0 Å². The first-order valence-electron chi connectivity index (χ1n) is 1.98. The predicted molar refractivity (Wildman–Crippen MR) is 27.4 cm³/mol. The van der Waals surface area contributed by atoms with Gasteiger partial charge in [0.15, 0.2) is 0 Å². The van der Waals surface area contributed by atoms with E-state index in [1.165, 1.54) is 0 Å². The van der Waals surface area contributed by atoms with Crippen LogP contribution in [0.5, 0.6) is 0 Å². The van der Waals surface area contributed by atoms with Crippen molar-refractivity contribution in [2.45, 2.75) is 6.04 Å². The van der Waals surface area contributed by atoms with E-state index in [0.29, 0.717) is 0 Å². The van der Waals surface area contributed by atoms with Crippen molar-refractivity contribution in [1.82, 2.24) is 5.32 Å². The third kappa shape index (κ3) is 4.28. The summed E-state index contributed by atoms with van der Waals surface area (Å²) in [6.07, 6.45) is 0. The van der Waals surface area contributed by atoms with Crippen LogP contribution >= 0.6 is 0 Å². The van der Waals surface area contributed by atoms with Gasteiger partial charge in [0.1, 0.15) is 0 Å². The molecule has 3 N–H and O–H groups in total. The maximum Gasteiger partial charge on any atom is 0.203 e. The molecule has 0 saturated carbocycles. The molecule has 0 aliphatic heterocycles. The van der Waals surface area contributed by atoms with Crippen LogP contribution in [0.15, 0.2) is 0 Å². The van der Waals surface area contributed by atoms with Crippen LogP contribution in [0.25, 0.3) is 0 Å². The van der Waals surface area contributed by atoms with Gasteiger partial charge in [0.25, 0.3) is 0 Å². The molecule has 0 aromatic carbocycles. The van der Waals surface area contributed by atoms with E-state index < -0.39 is 11.9 Å². The molecule has 1 unspecified atom stereocenters. The zero-order chi connectivity index (χ0) is 5.86. The summed E-state index contributed by atoms with van der Waals surface area (Å²) in [6, 6.07) is -0.458. The number of nitrogens with two attached hydrogens (primary N) is 1. The number of carbonyl (C=O) groups is 1. The number of primary amides is 1. The fraction of sp³-hybridized carbons (Fsp3) is 0.500. The van der Waals surface area contributed by atoms with Gasteiger partial charge in [-0.2, -0.15) is 0 Å². The van der Waals surface area contributed by atoms with E-state index in [-0.39, 0.29) is 21.1 Å². The van der Waals surface area contributed by atoms with Crippen LogP contribution in [0.4, 0.5) is 0 Å². The number of nitrogens with one attached hydrogen (secondary N) is 1. The Morgan fingerprint density at radius 3 is 2.25 bits per heavy atom. The SMILES string of the molecule is [CH2-]C(NC)C(N)=O.[W]. The topological polar surface area (TPSA) is 55.1 Å². The number of hydrogen-bond donors (Lipinski definition) is 2. The Kier molecular flexibility index (Phi) is 7.22. The van der Waals surface area contributed by atoms with Gasteiger partial charge in [-0.05, 0) is 13.1 Å². The molecule has 48 valence electrons. The Labute approximate surface area is 63.3 Å². The number of likely N-dealkylation sites (N-methyl/N-ethyl adjacent to an activating group) is 1. The van der Waals surface area contributed by atoms with Crippen LogP contribution < -0.4 is 11.1 Å². The number of hydrogen-bond acceptors (Lipinski definition) is 2. The fourth-order valence-electron chi connectivity index (χ4n) is 0.142. The Hall–Kier alpha value is 0.118. The molecule has 0 aliphatic carbocycles. The first kappa shape index (κ1) is 11.0. The Balaban J connectivity index is 0. The summed E-state index contributed by atoms with van der Waals surface area (Å²) in [4.78, 5) is 10.0. The number of carbonyl (C=O) groups excluding carboxylic acids is 1. The minimum Gasteiger partial charge on any atom is -0.371 e. The van der Waals surface area contributed by atoms with E-state index in [4.69, 9.17) is 5.73 Å². The maximum absolute atomic E-state index is 10.0. The number of rotatable bonds is 2. The normalized spacial score (nSPS) is 11.8. The van der Waals surface area contributed by atoms with Gasteiger partial charge < -0.3 is 18.0 Å². The second-order valence-corrected chi connectivity index (χ2v) is 1.24. The van der Waals surface area contributed by atoms with Crippen LogP contribution in [0.2, 0.25) is 0 Å². The molecule has 1 atom stereocenters. The molecule has 1 amide bonds. The van der Waals surface area contributed by atoms with E-state index in [9.17, 15) is 4.79 Å². The molecule has 0 radical (unpaired) electrons. The van der Waals surface area contributed by atoms with Crippen LogP contribution in [0.3, 0.4) is 0 Å². The molecule has 0 aliphatic rings. The summed E-state index contributed by atoms with van der Waals surface area (Å²) in [5, 5.41) is 2.58. The average Bonchev–Trinajstić information content (AvgIpc) is 1.65. The van der Waals surface area contributed by atoms with Gasteiger partial charge in [0.05, 0.1) is 0 Å². The summed E-state index contributed by atoms with van der Waals surface area (Å²) >= 11 is 0. The molecular formula is C4H9N2OW-. The molecular weight excluding hydrogens is 276 g/mol. The number of amides is 1. The van der Waals surface area contributed by atoms with Crippen molar-refractivity contribution >= 4 is 5.91 Å². The van der Waals surface area contributed by atoms with Gasteiger partial charge in [-0.1, -0.05) is 0 Å². The van der Waals surface area contributed by atoms with Crippen molar-refractivity contribution in [2.24, 2.45) is 5.73 Å². The van der Waals surface area contributed by atoms with E-state index in [1.54, 1.807) is 7.05 Å². The monoisotopic (exact) mass is 285 g/mol. The molecule has 0 aromatic rings. The van der Waals surface area contributed by atoms with Crippen molar-refractivity contribution in [3.8, 4) is 0 Å². The van der Waals surface area contributed by atoms with Gasteiger partial charge in [0.2, 0.25) is 5.91 Å². The molecule has 0 spiro atoms. The largest absolute Gasteiger partial charge is 0.371 e. The molecule has 0 heterocycles. The first-order valence-corrected chi connectivity index (χ1v) is 1.98. The van der Waals surface area contributed by atoms with Crippen molar-refractivity contribution in [3.63, 3.8) is 0 Å². The van der Waals surface area contributed by atoms with Gasteiger partial charge >= 0.3 is 0 Å². The maximum atomic E-state index is 10.0. The summed E-state index contributed by atoms with van der Waals surface area (Å²) < 4.78 is 0. The van der Waals surface area contributed by atoms with Crippen LogP contribution in [0, 0.1) is 6.92 Å². The van der Waals surface area contributed by atoms with Crippen molar-refractivity contribution in [2.75, 3.05) is 7.05 Å². The second kappa shape index (κ2) is 5.26. The summed E-state index contributed by atoms with van der Waals surface area (Å²) in [7, 11) is 1.63. The van der Waals surface area contributed by atoms with Crippen molar-refractivity contribution in [1.29, 1.82) is 0 Å². The minimum absolute atomic E-state index is 0. The van der Waals surface area contributed by atoms with E-state index in [1.807, 2.05) is 0 Å². The molecule has 0 bridgehead atoms. The molecule has 4 heteroatoms. The predicted octanol–water partition coefficient (Wildman–Crippen LogP) is -1.11. The summed E-state index contributed by atoms with van der Waals surface area (Å²) in [6.45, 7) is 3.37. The molecule has 0 saturated heterocycles. The zero-order valence-electron chi connectivity index (χ0n) is 4.68. The van der Waals surface area contributed by atoms with Gasteiger partial charge in [-0.3, -0.25) is 4.79 Å². The molecule has 0 rings (SSSR count). The van der Waals surface area contributed by atoms with Gasteiger partial charge in [0, 0.05) is 21.1 Å². The second-order valence-electron chi connectivity index (χ2n) is 1.24. The minimum atomic E-state index is -0.458. The van der Waals surface area contributed by atoms with Crippen LogP contribution in [-0.2, 0) is 25.9 Å². The van der Waals surface area contributed by atoms with Crippen molar-refractivity contribution in [3.05, 3.63) is 6.92 Å². The zero-order valence-corrected chi connectivity index (χ0v) is 7.61. The average molecular weight is 285 g/mol. The van der Waals surface area contributed by atoms with Crippen molar-refractivity contribution < 1.29 is 25.9 Å². The molecule has 0 aromatic heterocycles. The van der Waals surface area contributed by atoms with E-state index in [2.05, 4.69) is 12.2 Å².